The number of aryl methyl sites for hydroxylation is 1. The Balaban J connectivity index is 0.000000595. The number of rotatable bonds is 4. The van der Waals surface area contributed by atoms with Crippen LogP contribution in [-0.4, -0.2) is 27.9 Å². The molecule has 0 radical (unpaired) electrons. The summed E-state index contributed by atoms with van der Waals surface area (Å²) in [5, 5.41) is 15.2. The van der Waals surface area contributed by atoms with Crippen LogP contribution in [0.25, 0.3) is 10.6 Å². The number of carbonyl (C=O) groups is 1. The van der Waals surface area contributed by atoms with Gasteiger partial charge in [0.2, 0.25) is 12.8 Å². The van der Waals surface area contributed by atoms with E-state index in [4.69, 9.17) is 5.11 Å². The van der Waals surface area contributed by atoms with Crippen LogP contribution in [0.5, 0.6) is 0 Å². The Labute approximate surface area is 140 Å². The number of nitrogens with zero attached hydrogens (tertiary/aromatic N) is 2. The molecule has 0 spiro atoms. The zero-order valence-corrected chi connectivity index (χ0v) is 14.1. The minimum absolute atomic E-state index is 0.0546. The van der Waals surface area contributed by atoms with Crippen molar-refractivity contribution in [1.82, 2.24) is 9.97 Å². The lowest BCUT2D eigenvalue weighted by Gasteiger charge is -2.23. The van der Waals surface area contributed by atoms with E-state index in [1.807, 2.05) is 12.3 Å². The topological polar surface area (TPSA) is 75.1 Å². The number of alkyl halides is 2. The number of aliphatic hydroxyl groups excluding tert-OH is 1. The third kappa shape index (κ3) is 4.52. The summed E-state index contributed by atoms with van der Waals surface area (Å²) in [7, 11) is 0. The molecule has 0 atom stereocenters. The number of aromatic nitrogens is 2. The normalized spacial score (nSPS) is 13.9. The summed E-state index contributed by atoms with van der Waals surface area (Å²) in [4.78, 5) is 21.5. The van der Waals surface area contributed by atoms with Gasteiger partial charge in [-0.1, -0.05) is 6.42 Å². The van der Waals surface area contributed by atoms with Crippen LogP contribution in [0.3, 0.4) is 0 Å². The molecule has 126 valence electrons. The van der Waals surface area contributed by atoms with E-state index >= 15 is 0 Å². The van der Waals surface area contributed by atoms with Gasteiger partial charge in [0.05, 0.1) is 22.9 Å². The first kappa shape index (κ1) is 17.9. The van der Waals surface area contributed by atoms with E-state index in [1.165, 1.54) is 22.7 Å². The molecule has 0 aliphatic heterocycles. The highest BCUT2D eigenvalue weighted by molar-refractivity contribution is 7.17. The second kappa shape index (κ2) is 8.42. The summed E-state index contributed by atoms with van der Waals surface area (Å²) in [6, 6.07) is 0. The van der Waals surface area contributed by atoms with Crippen LogP contribution in [0.2, 0.25) is 0 Å². The minimum atomic E-state index is -1.75. The van der Waals surface area contributed by atoms with Crippen molar-refractivity contribution < 1.29 is 18.7 Å². The molecular weight excluding hydrogens is 344 g/mol. The predicted octanol–water partition coefficient (Wildman–Crippen LogP) is 3.69. The molecule has 1 fully saturated rings. The van der Waals surface area contributed by atoms with E-state index < -0.39 is 6.93 Å². The fourth-order valence-corrected chi connectivity index (χ4v) is 3.74. The highest BCUT2D eigenvalue weighted by Crippen LogP contribution is 2.33. The van der Waals surface area contributed by atoms with Gasteiger partial charge in [0, 0.05) is 11.3 Å². The lowest BCUT2D eigenvalue weighted by Crippen LogP contribution is -2.27. The highest BCUT2D eigenvalue weighted by Gasteiger charge is 2.26. The Morgan fingerprint density at radius 1 is 1.43 bits per heavy atom. The molecule has 0 aromatic carbocycles. The van der Waals surface area contributed by atoms with E-state index in [1.54, 1.807) is 0 Å². The third-order valence-corrected chi connectivity index (χ3v) is 5.34. The van der Waals surface area contributed by atoms with Crippen molar-refractivity contribution in [2.24, 2.45) is 5.92 Å². The molecule has 2 aromatic rings. The fraction of sp³-hybridized carbons (Fsp3) is 0.500. The van der Waals surface area contributed by atoms with Crippen molar-refractivity contribution in [1.29, 1.82) is 0 Å². The second-order valence-corrected chi connectivity index (χ2v) is 6.88. The minimum Gasteiger partial charge on any atom is -0.389 e. The van der Waals surface area contributed by atoms with Gasteiger partial charge in [-0.2, -0.15) is 0 Å². The molecule has 2 heterocycles. The average molecular weight is 361 g/mol. The number of halogens is 2. The predicted molar refractivity (Wildman–Crippen MR) is 86.9 cm³/mol. The van der Waals surface area contributed by atoms with Crippen LogP contribution in [0.15, 0.2) is 5.38 Å². The van der Waals surface area contributed by atoms with Gasteiger partial charge in [-0.15, -0.1) is 22.7 Å². The zero-order chi connectivity index (χ0) is 16.8. The Hall–Kier alpha value is -1.45. The van der Waals surface area contributed by atoms with Gasteiger partial charge in [0.15, 0.2) is 5.13 Å². The molecule has 1 aliphatic carbocycles. The molecule has 9 heteroatoms. The average Bonchev–Trinajstić information content (AvgIpc) is 3.04. The van der Waals surface area contributed by atoms with Gasteiger partial charge in [-0.3, -0.25) is 4.79 Å². The van der Waals surface area contributed by atoms with Crippen LogP contribution in [0, 0.1) is 12.8 Å². The van der Waals surface area contributed by atoms with Crippen molar-refractivity contribution in [3.05, 3.63) is 16.1 Å². The molecule has 1 saturated carbocycles. The molecule has 0 bridgehead atoms. The van der Waals surface area contributed by atoms with Crippen molar-refractivity contribution in [3.63, 3.8) is 0 Å². The summed E-state index contributed by atoms with van der Waals surface area (Å²) in [6.07, 6.45) is 3.11. The fourth-order valence-electron chi connectivity index (χ4n) is 2.07. The Bertz CT molecular complexity index is 656. The van der Waals surface area contributed by atoms with Crippen molar-refractivity contribution in [2.75, 3.05) is 12.2 Å². The quantitative estimate of drug-likeness (QED) is 0.871. The maximum atomic E-state index is 11.9. The van der Waals surface area contributed by atoms with E-state index in [-0.39, 0.29) is 18.4 Å². The van der Waals surface area contributed by atoms with Gasteiger partial charge in [0.1, 0.15) is 5.01 Å². The van der Waals surface area contributed by atoms with Gasteiger partial charge < -0.3 is 10.4 Å². The summed E-state index contributed by atoms with van der Waals surface area (Å²) in [5.74, 6) is 0.239. The van der Waals surface area contributed by atoms with Crippen LogP contribution >= 0.6 is 22.7 Å². The number of amides is 1. The molecule has 0 saturated heterocycles. The SMILES string of the molecule is Cc1nc(CO)sc1-c1csc(NC(=O)C2CCC2)n1.FCF. The maximum absolute atomic E-state index is 11.9. The molecule has 0 unspecified atom stereocenters. The second-order valence-electron chi connectivity index (χ2n) is 4.94. The van der Waals surface area contributed by atoms with Gasteiger partial charge in [0.25, 0.3) is 0 Å². The number of nitrogens with one attached hydrogen (secondary N) is 1. The standard InChI is InChI=1S/C13H15N3O2S2.CH2F2/c1-7-11(20-10(5-17)14-7)9-6-19-13(15-9)16-12(18)8-3-2-4-8;2-1-3/h6,8,17H,2-5H2,1H3,(H,15,16,18);1H2. The molecule has 5 nitrogen and oxygen atoms in total. The third-order valence-electron chi connectivity index (χ3n) is 3.42. The van der Waals surface area contributed by atoms with Crippen LogP contribution < -0.4 is 5.32 Å². The summed E-state index contributed by atoms with van der Waals surface area (Å²) in [6.45, 7) is 0.0951. The van der Waals surface area contributed by atoms with E-state index in [0.29, 0.717) is 10.1 Å². The maximum Gasteiger partial charge on any atom is 0.229 e. The van der Waals surface area contributed by atoms with Gasteiger partial charge >= 0.3 is 0 Å². The van der Waals surface area contributed by atoms with Crippen molar-refractivity contribution in [2.45, 2.75) is 32.8 Å². The number of thiazole rings is 2. The number of hydrogen-bond acceptors (Lipinski definition) is 6. The molecular formula is C14H17F2N3O2S2. The number of aliphatic hydroxyl groups is 1. The first-order valence-corrected chi connectivity index (χ1v) is 8.74. The first-order valence-electron chi connectivity index (χ1n) is 7.04. The number of carbonyl (C=O) groups excluding carboxylic acids is 1. The monoisotopic (exact) mass is 361 g/mol. The molecule has 2 aromatic heterocycles. The van der Waals surface area contributed by atoms with Crippen molar-refractivity contribution in [3.8, 4) is 10.6 Å². The largest absolute Gasteiger partial charge is 0.389 e. The van der Waals surface area contributed by atoms with Crippen LogP contribution in [0.1, 0.15) is 30.0 Å². The lowest BCUT2D eigenvalue weighted by molar-refractivity contribution is -0.122. The van der Waals surface area contributed by atoms with Crippen molar-refractivity contribution >= 4 is 33.7 Å². The lowest BCUT2D eigenvalue weighted by atomic mass is 9.85. The molecule has 2 N–H and O–H groups in total. The molecule has 23 heavy (non-hydrogen) atoms. The van der Waals surface area contributed by atoms with Crippen LogP contribution in [0.4, 0.5) is 13.9 Å². The smallest absolute Gasteiger partial charge is 0.229 e. The Morgan fingerprint density at radius 2 is 2.13 bits per heavy atom. The molecule has 3 rings (SSSR count). The Morgan fingerprint density at radius 3 is 2.65 bits per heavy atom. The summed E-state index contributed by atoms with van der Waals surface area (Å²) in [5.41, 5.74) is 1.68. The molecule has 1 aliphatic rings. The van der Waals surface area contributed by atoms with E-state index in [2.05, 4.69) is 15.3 Å². The van der Waals surface area contributed by atoms with Gasteiger partial charge in [-0.05, 0) is 19.8 Å². The number of hydrogen-bond donors (Lipinski definition) is 2. The highest BCUT2D eigenvalue weighted by atomic mass is 32.1. The van der Waals surface area contributed by atoms with Gasteiger partial charge in [-0.25, -0.2) is 18.7 Å². The van der Waals surface area contributed by atoms with Crippen LogP contribution in [-0.2, 0) is 11.4 Å². The first-order chi connectivity index (χ1) is 11.1. The van der Waals surface area contributed by atoms with E-state index in [0.717, 1.165) is 35.5 Å². The summed E-state index contributed by atoms with van der Waals surface area (Å²) < 4.78 is 19.2. The molecule has 1 amide bonds. The zero-order valence-electron chi connectivity index (χ0n) is 12.5. The summed E-state index contributed by atoms with van der Waals surface area (Å²) >= 11 is 2.86. The number of anilines is 1. The van der Waals surface area contributed by atoms with E-state index in [9.17, 15) is 13.6 Å². The Kier molecular flexibility index (Phi) is 6.55.